The fourth-order valence-electron chi connectivity index (χ4n) is 8.66. The predicted molar refractivity (Wildman–Crippen MR) is 287 cm³/mol. The zero-order valence-electron chi connectivity index (χ0n) is 44.7. The average molecular weight is 1090 g/mol. The Hall–Kier alpha value is -7.60. The normalized spacial score (nSPS) is 14.6. The molecule has 3 heterocycles. The first-order chi connectivity index (χ1) is 36.4. The highest BCUT2D eigenvalue weighted by molar-refractivity contribution is 7.92. The van der Waals surface area contributed by atoms with Gasteiger partial charge in [0.2, 0.25) is 25.9 Å². The van der Waals surface area contributed by atoms with Gasteiger partial charge in [-0.2, -0.15) is 9.10 Å². The van der Waals surface area contributed by atoms with E-state index < -0.39 is 65.3 Å². The lowest BCUT2D eigenvalue weighted by molar-refractivity contribution is 0.0291. The number of carbonyl (C=O) groups is 2. The highest BCUT2D eigenvalue weighted by atomic mass is 32.2. The van der Waals surface area contributed by atoms with Crippen LogP contribution in [0, 0.1) is 0 Å². The molecule has 21 nitrogen and oxygen atoms in total. The number of H-pyrrole nitrogens is 1. The number of hydrogen-bond acceptors (Lipinski definition) is 15. The Balaban J connectivity index is 1.36. The fraction of sp³-hybridized carbons (Fsp3) is 0.370. The number of imidazole rings is 1. The van der Waals surface area contributed by atoms with Crippen LogP contribution in [0.3, 0.4) is 0 Å². The monoisotopic (exact) mass is 1090 g/mol. The van der Waals surface area contributed by atoms with E-state index in [2.05, 4.69) is 25.3 Å². The van der Waals surface area contributed by atoms with E-state index in [1.165, 1.54) is 40.4 Å². The molecule has 0 radical (unpaired) electrons. The summed E-state index contributed by atoms with van der Waals surface area (Å²) in [6.45, 7) is 11.9. The summed E-state index contributed by atoms with van der Waals surface area (Å²) >= 11 is 0. The van der Waals surface area contributed by atoms with E-state index in [9.17, 15) is 9.59 Å². The number of nitrogens with one attached hydrogen (secondary N) is 3. The lowest BCUT2D eigenvalue weighted by Crippen LogP contribution is -2.41. The number of alkyl carbamates (subject to hydrolysis) is 1. The van der Waals surface area contributed by atoms with Gasteiger partial charge < -0.3 is 38.9 Å². The van der Waals surface area contributed by atoms with Gasteiger partial charge in [-0.15, -0.1) is 10.2 Å². The minimum Gasteiger partial charge on any atom is -0.497 e. The summed E-state index contributed by atoms with van der Waals surface area (Å²) in [5, 5.41) is 16.5. The van der Waals surface area contributed by atoms with Crippen LogP contribution in [0.25, 0.3) is 33.5 Å². The molecule has 0 bridgehead atoms. The number of aromatic nitrogens is 6. The molecule has 1 unspecified atom stereocenters. The number of likely N-dealkylation sites (tertiary alicyclic amines) is 1. The van der Waals surface area contributed by atoms with E-state index in [-0.39, 0.29) is 56.1 Å². The Morgan fingerprint density at radius 2 is 1.32 bits per heavy atom. The SMILES string of the molecule is COc1ccc(CN(Cc2ccc(OC)cc2)S(=O)(=O)c2c(S(=O)(=O)NC3CCN(C(=O)OC(C)(C)C)C3)ccc(-c3cccc4[nH]c([C@H](C)NC(=O)OC(C)(C)C)nc34)c2-c2nnn(Cc3ccc(OC)cc3)n2)cc1. The van der Waals surface area contributed by atoms with Crippen LogP contribution in [0.15, 0.2) is 113 Å². The summed E-state index contributed by atoms with van der Waals surface area (Å²) in [5.74, 6) is 1.84. The zero-order chi connectivity index (χ0) is 55.5. The standard InChI is InChI=1S/C54H64N10O11S2/c1-34(55-51(65)74-53(2,3)4)49-56-44-13-11-12-43(47(44)57-49)42-26-27-45(76(67,68)60-38-28-29-62(33-38)52(66)75-54(5,6)7)48(46(42)50-58-61-64(59-50)32-37-18-24-41(73-10)25-19-37)77(69,70)63(30-35-14-20-39(71-8)21-15-35)31-36-16-22-40(72-9)23-17-36/h11-27,34,38,60H,28-33H2,1-10H3,(H,55,65)(H,56,57)/t34-,38?/m0/s1. The van der Waals surface area contributed by atoms with Crippen molar-refractivity contribution in [3.05, 3.63) is 126 Å². The van der Waals surface area contributed by atoms with Gasteiger partial charge in [-0.3, -0.25) is 0 Å². The second kappa shape index (κ2) is 22.5. The molecule has 0 spiro atoms. The molecule has 2 amide bonds. The molecule has 8 rings (SSSR count). The molecule has 5 aromatic carbocycles. The molecule has 408 valence electrons. The number of rotatable bonds is 18. The zero-order valence-corrected chi connectivity index (χ0v) is 46.3. The van der Waals surface area contributed by atoms with Gasteiger partial charge in [-0.05, 0) is 131 Å². The van der Waals surface area contributed by atoms with Gasteiger partial charge in [-0.1, -0.05) is 54.6 Å². The summed E-state index contributed by atoms with van der Waals surface area (Å²) < 4.78 is 94.7. The Bertz CT molecular complexity index is 3420. The Kier molecular flexibility index (Phi) is 16.3. The van der Waals surface area contributed by atoms with Gasteiger partial charge in [-0.25, -0.2) is 36.1 Å². The number of amides is 2. The third-order valence-electron chi connectivity index (χ3n) is 12.3. The van der Waals surface area contributed by atoms with Crippen LogP contribution in [0.5, 0.6) is 17.2 Å². The highest BCUT2D eigenvalue weighted by Gasteiger charge is 2.40. The van der Waals surface area contributed by atoms with E-state index in [0.717, 1.165) is 5.56 Å². The van der Waals surface area contributed by atoms with E-state index in [1.54, 1.807) is 134 Å². The van der Waals surface area contributed by atoms with Gasteiger partial charge in [0.25, 0.3) is 0 Å². The molecular formula is C54H64N10O11S2. The number of fused-ring (bicyclic) bond motifs is 1. The predicted octanol–water partition coefficient (Wildman–Crippen LogP) is 8.22. The van der Waals surface area contributed by atoms with E-state index >= 15 is 16.8 Å². The van der Waals surface area contributed by atoms with Gasteiger partial charge in [0, 0.05) is 37.8 Å². The Labute approximate surface area is 448 Å². The lowest BCUT2D eigenvalue weighted by atomic mass is 9.98. The molecule has 1 saturated heterocycles. The molecule has 1 aliphatic rings. The van der Waals surface area contributed by atoms with Crippen molar-refractivity contribution in [2.45, 2.75) is 108 Å². The number of para-hydroxylation sites is 1. The number of ether oxygens (including phenoxy) is 5. The maximum absolute atomic E-state index is 16.4. The minimum atomic E-state index is -5.03. The molecule has 2 atom stereocenters. The number of hydrogen-bond donors (Lipinski definition) is 3. The maximum atomic E-state index is 16.4. The van der Waals surface area contributed by atoms with Crippen LogP contribution in [0.2, 0.25) is 0 Å². The van der Waals surface area contributed by atoms with E-state index in [4.69, 9.17) is 33.8 Å². The lowest BCUT2D eigenvalue weighted by Gasteiger charge is -2.27. The second-order valence-electron chi connectivity index (χ2n) is 20.5. The van der Waals surface area contributed by atoms with Crippen molar-refractivity contribution in [3.8, 4) is 39.8 Å². The smallest absolute Gasteiger partial charge is 0.410 e. The summed E-state index contributed by atoms with van der Waals surface area (Å²) in [6.07, 6.45) is -1.07. The molecular weight excluding hydrogens is 1030 g/mol. The molecule has 3 N–H and O–H groups in total. The second-order valence-corrected chi connectivity index (χ2v) is 24.1. The number of aromatic amines is 1. The van der Waals surface area contributed by atoms with Gasteiger partial charge in [0.1, 0.15) is 44.1 Å². The van der Waals surface area contributed by atoms with Crippen molar-refractivity contribution in [2.75, 3.05) is 34.4 Å². The number of carbonyl (C=O) groups excluding carboxylic acids is 2. The van der Waals surface area contributed by atoms with Crippen molar-refractivity contribution in [1.82, 2.24) is 49.4 Å². The molecule has 1 fully saturated rings. The van der Waals surface area contributed by atoms with Crippen LogP contribution in [-0.2, 0) is 49.2 Å². The first-order valence-corrected chi connectivity index (χ1v) is 27.7. The molecule has 0 saturated carbocycles. The number of methoxy groups -OCH3 is 3. The summed E-state index contributed by atoms with van der Waals surface area (Å²) in [4.78, 5) is 35.8. The van der Waals surface area contributed by atoms with Crippen molar-refractivity contribution < 1.29 is 50.1 Å². The summed E-state index contributed by atoms with van der Waals surface area (Å²) in [6, 6.07) is 27.3. The molecule has 23 heteroatoms. The number of benzene rings is 5. The Morgan fingerprint density at radius 3 is 1.88 bits per heavy atom. The molecule has 0 aliphatic carbocycles. The van der Waals surface area contributed by atoms with E-state index in [1.807, 2.05) is 12.1 Å². The van der Waals surface area contributed by atoms with Gasteiger partial charge >= 0.3 is 12.2 Å². The van der Waals surface area contributed by atoms with Crippen molar-refractivity contribution in [3.63, 3.8) is 0 Å². The number of nitrogens with zero attached hydrogens (tertiary/aromatic N) is 7. The quantitative estimate of drug-likeness (QED) is 0.0732. The van der Waals surface area contributed by atoms with Crippen LogP contribution in [-0.4, -0.2) is 120 Å². The summed E-state index contributed by atoms with van der Waals surface area (Å²) in [5.41, 5.74) is 1.53. The van der Waals surface area contributed by atoms with Crippen LogP contribution < -0.4 is 24.2 Å². The van der Waals surface area contributed by atoms with Crippen molar-refractivity contribution in [2.24, 2.45) is 0 Å². The minimum absolute atomic E-state index is 0.0474. The van der Waals surface area contributed by atoms with Crippen molar-refractivity contribution >= 4 is 43.3 Å². The maximum Gasteiger partial charge on any atom is 0.410 e. The molecule has 77 heavy (non-hydrogen) atoms. The number of tetrazole rings is 1. The van der Waals surface area contributed by atoms with Crippen LogP contribution >= 0.6 is 0 Å². The third kappa shape index (κ3) is 13.3. The molecule has 7 aromatic rings. The van der Waals surface area contributed by atoms with Gasteiger partial charge in [0.15, 0.2) is 0 Å². The van der Waals surface area contributed by atoms with Gasteiger partial charge in [0.05, 0.1) is 50.5 Å². The third-order valence-corrected chi connectivity index (χ3v) is 15.9. The largest absolute Gasteiger partial charge is 0.497 e. The van der Waals surface area contributed by atoms with Crippen LogP contribution in [0.1, 0.15) is 83.4 Å². The van der Waals surface area contributed by atoms with Crippen molar-refractivity contribution in [1.29, 1.82) is 0 Å². The molecule has 2 aromatic heterocycles. The van der Waals surface area contributed by atoms with Crippen LogP contribution in [0.4, 0.5) is 9.59 Å². The number of sulfonamides is 2. The molecule has 1 aliphatic heterocycles. The first-order valence-electron chi connectivity index (χ1n) is 24.8. The fourth-order valence-corrected chi connectivity index (χ4v) is 12.3. The first kappa shape index (κ1) is 55.6. The van der Waals surface area contributed by atoms with E-state index in [0.29, 0.717) is 50.8 Å². The Morgan fingerprint density at radius 1 is 0.753 bits per heavy atom. The topological polar surface area (TPSA) is 251 Å². The average Bonchev–Trinajstić information content (AvgIpc) is 4.16. The highest BCUT2D eigenvalue weighted by Crippen LogP contribution is 2.43. The summed E-state index contributed by atoms with van der Waals surface area (Å²) in [7, 11) is -5.26.